The van der Waals surface area contributed by atoms with Crippen LogP contribution in [0, 0.1) is 6.92 Å². The molecule has 0 radical (unpaired) electrons. The number of carbonyl (C=O) groups is 1. The summed E-state index contributed by atoms with van der Waals surface area (Å²) in [5, 5.41) is 14.1. The fourth-order valence-electron chi connectivity index (χ4n) is 2.62. The van der Waals surface area contributed by atoms with E-state index >= 15 is 0 Å². The summed E-state index contributed by atoms with van der Waals surface area (Å²) >= 11 is 0. The molecule has 2 heterocycles. The van der Waals surface area contributed by atoms with Crippen molar-refractivity contribution in [2.24, 2.45) is 0 Å². The molecule has 3 aromatic rings. The Morgan fingerprint density at radius 2 is 2.12 bits per heavy atom. The molecular formula is C18H15N5O2. The Morgan fingerprint density at radius 3 is 2.96 bits per heavy atom. The Morgan fingerprint density at radius 1 is 1.24 bits per heavy atom. The highest BCUT2D eigenvalue weighted by Gasteiger charge is 2.17. The van der Waals surface area contributed by atoms with Crippen LogP contribution < -0.4 is 10.1 Å². The minimum atomic E-state index is -0.188. The Bertz CT molecular complexity index is 963. The summed E-state index contributed by atoms with van der Waals surface area (Å²) in [6.45, 7) is 2.18. The van der Waals surface area contributed by atoms with Crippen molar-refractivity contribution in [2.45, 2.75) is 6.92 Å². The molecule has 0 unspecified atom stereocenters. The summed E-state index contributed by atoms with van der Waals surface area (Å²) in [6, 6.07) is 13.3. The number of rotatable bonds is 3. The molecule has 0 saturated carbocycles. The lowest BCUT2D eigenvalue weighted by atomic mass is 10.1. The highest BCUT2D eigenvalue weighted by Crippen LogP contribution is 2.27. The van der Waals surface area contributed by atoms with Crippen molar-refractivity contribution in [3.63, 3.8) is 0 Å². The van der Waals surface area contributed by atoms with Crippen molar-refractivity contribution in [3.05, 3.63) is 65.5 Å². The zero-order valence-corrected chi connectivity index (χ0v) is 13.5. The van der Waals surface area contributed by atoms with Crippen LogP contribution >= 0.6 is 0 Å². The molecule has 25 heavy (non-hydrogen) atoms. The summed E-state index contributed by atoms with van der Waals surface area (Å²) in [6.07, 6.45) is 3.36. The van der Waals surface area contributed by atoms with Gasteiger partial charge in [0.25, 0.3) is 5.91 Å². The fourth-order valence-corrected chi connectivity index (χ4v) is 2.62. The molecule has 1 aliphatic heterocycles. The molecule has 0 bridgehead atoms. The van der Waals surface area contributed by atoms with Crippen molar-refractivity contribution in [2.75, 3.05) is 11.9 Å². The Labute approximate surface area is 143 Å². The van der Waals surface area contributed by atoms with Crippen molar-refractivity contribution >= 4 is 17.7 Å². The summed E-state index contributed by atoms with van der Waals surface area (Å²) in [7, 11) is 0. The van der Waals surface area contributed by atoms with Crippen LogP contribution in [0.3, 0.4) is 0 Å². The number of nitrogens with zero attached hydrogens (tertiary/aromatic N) is 4. The van der Waals surface area contributed by atoms with Gasteiger partial charge in [-0.25, -0.2) is 4.68 Å². The smallest absolute Gasteiger partial charge is 0.255 e. The zero-order chi connectivity index (χ0) is 17.2. The SMILES string of the molecule is Cc1ccc(-n2cnnn2)cc1NC(=O)C1=Cc2ccccc2OC1. The van der Waals surface area contributed by atoms with Crippen LogP contribution in [0.5, 0.6) is 5.75 Å². The van der Waals surface area contributed by atoms with Crippen molar-refractivity contribution < 1.29 is 9.53 Å². The number of ether oxygens (including phenoxy) is 1. The quantitative estimate of drug-likeness (QED) is 0.796. The molecule has 0 spiro atoms. The van der Waals surface area contributed by atoms with Crippen LogP contribution in [-0.2, 0) is 4.79 Å². The van der Waals surface area contributed by atoms with E-state index in [2.05, 4.69) is 20.8 Å². The number of anilines is 1. The maximum atomic E-state index is 12.6. The predicted octanol–water partition coefficient (Wildman–Crippen LogP) is 2.39. The monoisotopic (exact) mass is 333 g/mol. The molecule has 1 amide bonds. The number of tetrazole rings is 1. The summed E-state index contributed by atoms with van der Waals surface area (Å²) < 4.78 is 7.18. The van der Waals surface area contributed by atoms with Gasteiger partial charge in [-0.15, -0.1) is 5.10 Å². The van der Waals surface area contributed by atoms with E-state index in [0.717, 1.165) is 22.6 Å². The highest BCUT2D eigenvalue weighted by molar-refractivity contribution is 6.08. The van der Waals surface area contributed by atoms with E-state index in [1.54, 1.807) is 0 Å². The van der Waals surface area contributed by atoms with E-state index in [4.69, 9.17) is 4.74 Å². The minimum absolute atomic E-state index is 0.188. The Kier molecular flexibility index (Phi) is 3.74. The van der Waals surface area contributed by atoms with Gasteiger partial charge in [-0.05, 0) is 47.2 Å². The molecular weight excluding hydrogens is 318 g/mol. The number of para-hydroxylation sites is 1. The number of hydrogen-bond acceptors (Lipinski definition) is 5. The standard InChI is InChI=1S/C18H15N5O2/c1-12-6-7-15(23-11-19-21-22-23)9-16(12)20-18(24)14-8-13-4-2-3-5-17(13)25-10-14/h2-9,11H,10H2,1H3,(H,20,24). The van der Waals surface area contributed by atoms with Crippen LogP contribution in [0.15, 0.2) is 54.4 Å². The Balaban J connectivity index is 1.59. The zero-order valence-electron chi connectivity index (χ0n) is 13.5. The van der Waals surface area contributed by atoms with Crippen molar-refractivity contribution in [1.29, 1.82) is 0 Å². The number of benzene rings is 2. The predicted molar refractivity (Wildman–Crippen MR) is 92.4 cm³/mol. The first-order valence-corrected chi connectivity index (χ1v) is 7.78. The first-order chi connectivity index (χ1) is 12.2. The lowest BCUT2D eigenvalue weighted by molar-refractivity contribution is -0.113. The molecule has 124 valence electrons. The molecule has 0 saturated heterocycles. The van der Waals surface area contributed by atoms with Gasteiger partial charge in [0, 0.05) is 11.3 Å². The molecule has 0 fully saturated rings. The third kappa shape index (κ3) is 2.99. The molecule has 1 N–H and O–H groups in total. The number of hydrogen-bond donors (Lipinski definition) is 1. The second kappa shape index (κ2) is 6.20. The van der Waals surface area contributed by atoms with Gasteiger partial charge in [0.05, 0.1) is 11.3 Å². The lowest BCUT2D eigenvalue weighted by Gasteiger charge is -2.18. The third-order valence-electron chi connectivity index (χ3n) is 4.01. The van der Waals surface area contributed by atoms with E-state index in [-0.39, 0.29) is 12.5 Å². The normalized spacial score (nSPS) is 12.8. The first-order valence-electron chi connectivity index (χ1n) is 7.78. The molecule has 4 rings (SSSR count). The maximum Gasteiger partial charge on any atom is 0.255 e. The van der Waals surface area contributed by atoms with Gasteiger partial charge in [0.1, 0.15) is 18.7 Å². The largest absolute Gasteiger partial charge is 0.488 e. The van der Waals surface area contributed by atoms with Gasteiger partial charge >= 0.3 is 0 Å². The average molecular weight is 333 g/mol. The fraction of sp³-hybridized carbons (Fsp3) is 0.111. The van der Waals surface area contributed by atoms with E-state index in [9.17, 15) is 4.79 Å². The highest BCUT2D eigenvalue weighted by atomic mass is 16.5. The van der Waals surface area contributed by atoms with Crippen LogP contribution in [0.2, 0.25) is 0 Å². The number of aryl methyl sites for hydroxylation is 1. The minimum Gasteiger partial charge on any atom is -0.488 e. The number of amides is 1. The maximum absolute atomic E-state index is 12.6. The molecule has 2 aromatic carbocycles. The molecule has 7 nitrogen and oxygen atoms in total. The lowest BCUT2D eigenvalue weighted by Crippen LogP contribution is -2.21. The topological polar surface area (TPSA) is 81.9 Å². The van der Waals surface area contributed by atoms with E-state index in [0.29, 0.717) is 11.3 Å². The number of nitrogens with one attached hydrogen (secondary N) is 1. The van der Waals surface area contributed by atoms with Gasteiger partial charge < -0.3 is 10.1 Å². The summed E-state index contributed by atoms with van der Waals surface area (Å²) in [4.78, 5) is 12.6. The molecule has 7 heteroatoms. The van der Waals surface area contributed by atoms with Crippen LogP contribution in [-0.4, -0.2) is 32.7 Å². The van der Waals surface area contributed by atoms with Crippen LogP contribution in [0.1, 0.15) is 11.1 Å². The van der Waals surface area contributed by atoms with Crippen LogP contribution in [0.25, 0.3) is 11.8 Å². The van der Waals surface area contributed by atoms with Gasteiger partial charge in [0.15, 0.2) is 0 Å². The van der Waals surface area contributed by atoms with Crippen molar-refractivity contribution in [1.82, 2.24) is 20.2 Å². The Hall–Kier alpha value is -3.48. The molecule has 1 aromatic heterocycles. The van der Waals surface area contributed by atoms with Gasteiger partial charge in [-0.1, -0.05) is 24.3 Å². The van der Waals surface area contributed by atoms with Gasteiger partial charge in [-0.2, -0.15) is 0 Å². The number of aromatic nitrogens is 4. The number of fused-ring (bicyclic) bond motifs is 1. The molecule has 0 atom stereocenters. The number of carbonyl (C=O) groups excluding carboxylic acids is 1. The van der Waals surface area contributed by atoms with Gasteiger partial charge in [0.2, 0.25) is 0 Å². The van der Waals surface area contributed by atoms with E-state index < -0.39 is 0 Å². The molecule has 0 aliphatic carbocycles. The second-order valence-electron chi connectivity index (χ2n) is 5.70. The third-order valence-corrected chi connectivity index (χ3v) is 4.01. The van der Waals surface area contributed by atoms with Crippen LogP contribution in [0.4, 0.5) is 5.69 Å². The summed E-state index contributed by atoms with van der Waals surface area (Å²) in [5.41, 5.74) is 3.90. The second-order valence-corrected chi connectivity index (χ2v) is 5.70. The van der Waals surface area contributed by atoms with Crippen molar-refractivity contribution in [3.8, 4) is 11.4 Å². The van der Waals surface area contributed by atoms with E-state index in [1.807, 2.05) is 55.5 Å². The van der Waals surface area contributed by atoms with Gasteiger partial charge in [-0.3, -0.25) is 4.79 Å². The first kappa shape index (κ1) is 15.1. The summed E-state index contributed by atoms with van der Waals surface area (Å²) in [5.74, 6) is 0.599. The average Bonchev–Trinajstić information content (AvgIpc) is 3.18. The molecule has 1 aliphatic rings. The van der Waals surface area contributed by atoms with E-state index in [1.165, 1.54) is 11.0 Å².